The lowest BCUT2D eigenvalue weighted by Crippen LogP contribution is -2.00. The number of aromatic nitrogens is 4. The first-order valence-corrected chi connectivity index (χ1v) is 18.1. The Morgan fingerprint density at radius 1 is 0.389 bits per heavy atom. The van der Waals surface area contributed by atoms with Crippen molar-refractivity contribution in [1.82, 2.24) is 19.5 Å². The van der Waals surface area contributed by atoms with Crippen LogP contribution in [0.1, 0.15) is 0 Å². The van der Waals surface area contributed by atoms with E-state index in [-0.39, 0.29) is 0 Å². The van der Waals surface area contributed by atoms with Crippen LogP contribution < -0.4 is 0 Å². The molecule has 0 unspecified atom stereocenters. The van der Waals surface area contributed by atoms with Crippen molar-refractivity contribution in [3.8, 4) is 51.0 Å². The van der Waals surface area contributed by atoms with Crippen LogP contribution in [0.25, 0.3) is 105 Å². The van der Waals surface area contributed by atoms with Gasteiger partial charge in [-0.2, -0.15) is 0 Å². The molecule has 54 heavy (non-hydrogen) atoms. The fourth-order valence-corrected chi connectivity index (χ4v) is 7.97. The zero-order valence-electron chi connectivity index (χ0n) is 29.0. The number of rotatable bonds is 5. The molecule has 252 valence electrons. The van der Waals surface area contributed by atoms with Crippen LogP contribution >= 0.6 is 0 Å². The Kier molecular flexibility index (Phi) is 6.79. The van der Waals surface area contributed by atoms with E-state index >= 15 is 0 Å². The minimum Gasteiger partial charge on any atom is -0.455 e. The third-order valence-corrected chi connectivity index (χ3v) is 10.4. The van der Waals surface area contributed by atoms with Gasteiger partial charge < -0.3 is 8.98 Å². The Morgan fingerprint density at radius 2 is 0.981 bits per heavy atom. The van der Waals surface area contributed by atoms with Gasteiger partial charge in [0, 0.05) is 38.4 Å². The lowest BCUT2D eigenvalue weighted by Gasteiger charge is -2.13. The standard InChI is InChI=1S/C49H30N4O/c1-3-15-32(16-4-1)47-50-48(33-17-5-2-6-18-33)52-49(51-47)39-22-13-25-43-44(39)45-42(53-40-23-11-9-20-37(40)38-21-10-12-24-41(38)53)29-28-36(46(45)54-43)35-27-26-31-14-7-8-19-34(31)30-35/h1-30H. The molecule has 5 nitrogen and oxygen atoms in total. The minimum absolute atomic E-state index is 0.584. The van der Waals surface area contributed by atoms with Gasteiger partial charge in [-0.25, -0.2) is 15.0 Å². The summed E-state index contributed by atoms with van der Waals surface area (Å²) in [5, 5.41) is 6.73. The molecular formula is C49H30N4O. The van der Waals surface area contributed by atoms with Gasteiger partial charge >= 0.3 is 0 Å². The van der Waals surface area contributed by atoms with Gasteiger partial charge in [0.15, 0.2) is 17.5 Å². The predicted octanol–water partition coefficient (Wildman–Crippen LogP) is 12.7. The number of hydrogen-bond donors (Lipinski definition) is 0. The summed E-state index contributed by atoms with van der Waals surface area (Å²) >= 11 is 0. The van der Waals surface area contributed by atoms with Gasteiger partial charge in [-0.3, -0.25) is 0 Å². The molecule has 8 aromatic carbocycles. The second-order valence-corrected chi connectivity index (χ2v) is 13.6. The molecule has 0 radical (unpaired) electrons. The first-order chi connectivity index (χ1) is 26.8. The third-order valence-electron chi connectivity index (χ3n) is 10.4. The van der Waals surface area contributed by atoms with Gasteiger partial charge in [0.25, 0.3) is 0 Å². The number of benzene rings is 8. The fraction of sp³-hybridized carbons (Fsp3) is 0. The maximum atomic E-state index is 7.02. The first kappa shape index (κ1) is 30.3. The summed E-state index contributed by atoms with van der Waals surface area (Å²) in [6, 6.07) is 63.2. The normalized spacial score (nSPS) is 11.7. The molecule has 0 amide bonds. The van der Waals surface area contributed by atoms with Gasteiger partial charge in [0.05, 0.1) is 22.1 Å². The monoisotopic (exact) mass is 690 g/mol. The van der Waals surface area contributed by atoms with Crippen molar-refractivity contribution in [3.05, 3.63) is 182 Å². The molecule has 0 aliphatic heterocycles. The van der Waals surface area contributed by atoms with E-state index in [0.717, 1.165) is 66.5 Å². The SMILES string of the molecule is c1ccc(-c2nc(-c3ccccc3)nc(-c3cccc4oc5c(-c6ccc7ccccc7c6)ccc(-n6c7ccccc7c7ccccc76)c5c34)n2)cc1. The largest absolute Gasteiger partial charge is 0.455 e. The summed E-state index contributed by atoms with van der Waals surface area (Å²) < 4.78 is 9.40. The van der Waals surface area contributed by atoms with E-state index in [1.165, 1.54) is 21.5 Å². The van der Waals surface area contributed by atoms with Crippen molar-refractivity contribution in [2.45, 2.75) is 0 Å². The lowest BCUT2D eigenvalue weighted by atomic mass is 9.97. The highest BCUT2D eigenvalue weighted by Crippen LogP contribution is 2.45. The summed E-state index contributed by atoms with van der Waals surface area (Å²) in [6.45, 7) is 0. The van der Waals surface area contributed by atoms with Gasteiger partial charge in [-0.1, -0.05) is 146 Å². The van der Waals surface area contributed by atoms with Gasteiger partial charge in [-0.05, 0) is 52.7 Å². The second kappa shape index (κ2) is 12.1. The minimum atomic E-state index is 0.584. The predicted molar refractivity (Wildman–Crippen MR) is 221 cm³/mol. The summed E-state index contributed by atoms with van der Waals surface area (Å²) in [5.41, 5.74) is 9.69. The third kappa shape index (κ3) is 4.76. The van der Waals surface area contributed by atoms with E-state index in [1.807, 2.05) is 66.7 Å². The van der Waals surface area contributed by atoms with E-state index in [9.17, 15) is 0 Å². The highest BCUT2D eigenvalue weighted by molar-refractivity contribution is 6.20. The van der Waals surface area contributed by atoms with E-state index in [1.54, 1.807) is 0 Å². The molecule has 0 spiro atoms. The van der Waals surface area contributed by atoms with Crippen LogP contribution in [-0.2, 0) is 0 Å². The van der Waals surface area contributed by atoms with E-state index in [4.69, 9.17) is 19.4 Å². The molecule has 0 N–H and O–H groups in total. The first-order valence-electron chi connectivity index (χ1n) is 18.1. The highest BCUT2D eigenvalue weighted by atomic mass is 16.3. The molecule has 0 saturated carbocycles. The number of fused-ring (bicyclic) bond motifs is 7. The number of hydrogen-bond acceptors (Lipinski definition) is 4. The molecule has 0 aliphatic rings. The lowest BCUT2D eigenvalue weighted by molar-refractivity contribution is 0.670. The maximum Gasteiger partial charge on any atom is 0.164 e. The van der Waals surface area contributed by atoms with Crippen LogP contribution in [-0.4, -0.2) is 19.5 Å². The second-order valence-electron chi connectivity index (χ2n) is 13.6. The van der Waals surface area contributed by atoms with Gasteiger partial charge in [-0.15, -0.1) is 0 Å². The molecular weight excluding hydrogens is 661 g/mol. The highest BCUT2D eigenvalue weighted by Gasteiger charge is 2.24. The molecule has 3 aromatic heterocycles. The van der Waals surface area contributed by atoms with Crippen molar-refractivity contribution in [2.24, 2.45) is 0 Å². The molecule has 0 bridgehead atoms. The Hall–Kier alpha value is -7.37. The van der Waals surface area contributed by atoms with Crippen molar-refractivity contribution < 1.29 is 4.42 Å². The number of nitrogens with zero attached hydrogens (tertiary/aromatic N) is 4. The Balaban J connectivity index is 1.26. The zero-order chi connectivity index (χ0) is 35.6. The number of para-hydroxylation sites is 2. The number of furan rings is 1. The van der Waals surface area contributed by atoms with E-state index in [0.29, 0.717) is 17.5 Å². The molecule has 5 heteroatoms. The van der Waals surface area contributed by atoms with Crippen LogP contribution in [0.5, 0.6) is 0 Å². The van der Waals surface area contributed by atoms with Crippen LogP contribution in [0.15, 0.2) is 186 Å². The Bertz CT molecular complexity index is 3110. The van der Waals surface area contributed by atoms with Crippen LogP contribution in [0, 0.1) is 0 Å². The smallest absolute Gasteiger partial charge is 0.164 e. The average molecular weight is 691 g/mol. The summed E-state index contributed by atoms with van der Waals surface area (Å²) in [4.78, 5) is 15.3. The maximum absolute atomic E-state index is 7.02. The molecule has 3 heterocycles. The van der Waals surface area contributed by atoms with Gasteiger partial charge in [0.1, 0.15) is 11.2 Å². The van der Waals surface area contributed by atoms with Crippen LogP contribution in [0.3, 0.4) is 0 Å². The molecule has 0 fully saturated rings. The molecule has 11 aromatic rings. The Morgan fingerprint density at radius 3 is 1.67 bits per heavy atom. The summed E-state index contributed by atoms with van der Waals surface area (Å²) in [7, 11) is 0. The van der Waals surface area contributed by atoms with E-state index < -0.39 is 0 Å². The Labute approximate surface area is 310 Å². The van der Waals surface area contributed by atoms with Crippen molar-refractivity contribution in [2.75, 3.05) is 0 Å². The summed E-state index contributed by atoms with van der Waals surface area (Å²) in [6.07, 6.45) is 0. The zero-order valence-corrected chi connectivity index (χ0v) is 29.0. The van der Waals surface area contributed by atoms with Crippen LogP contribution in [0.4, 0.5) is 0 Å². The topological polar surface area (TPSA) is 56.7 Å². The molecule has 0 aliphatic carbocycles. The molecule has 0 atom stereocenters. The van der Waals surface area contributed by atoms with Crippen LogP contribution in [0.2, 0.25) is 0 Å². The molecule has 11 rings (SSSR count). The quantitative estimate of drug-likeness (QED) is 0.180. The van der Waals surface area contributed by atoms with Crippen molar-refractivity contribution in [3.63, 3.8) is 0 Å². The van der Waals surface area contributed by atoms with Crippen molar-refractivity contribution >= 4 is 54.5 Å². The summed E-state index contributed by atoms with van der Waals surface area (Å²) in [5.74, 6) is 1.81. The average Bonchev–Trinajstić information content (AvgIpc) is 3.81. The fourth-order valence-electron chi connectivity index (χ4n) is 7.97. The van der Waals surface area contributed by atoms with Crippen molar-refractivity contribution in [1.29, 1.82) is 0 Å². The van der Waals surface area contributed by atoms with E-state index in [2.05, 4.69) is 120 Å². The molecule has 0 saturated heterocycles. The van der Waals surface area contributed by atoms with Gasteiger partial charge in [0.2, 0.25) is 0 Å².